The number of aliphatic carboxylic acids is 1. The molecule has 1 fully saturated rings. The average Bonchev–Trinajstić information content (AvgIpc) is 2.47. The quantitative estimate of drug-likeness (QED) is 0.899. The second kappa shape index (κ2) is 6.54. The number of para-hydroxylation sites is 1. The number of carboxylic acid groups (broad SMARTS) is 1. The number of benzene rings is 1. The van der Waals surface area contributed by atoms with Crippen LogP contribution in [0, 0.1) is 0 Å². The second-order valence-corrected chi connectivity index (χ2v) is 5.54. The van der Waals surface area contributed by atoms with E-state index in [1.165, 1.54) is 0 Å². The Morgan fingerprint density at radius 2 is 2.00 bits per heavy atom. The number of rotatable bonds is 2. The molecule has 2 heterocycles. The third-order valence-corrected chi connectivity index (χ3v) is 4.13. The first kappa shape index (κ1) is 15.9. The molecule has 116 valence electrons. The van der Waals surface area contributed by atoms with Crippen molar-refractivity contribution in [2.75, 3.05) is 38.1 Å². The average molecular weight is 313 g/mol. The highest BCUT2D eigenvalue weighted by atomic mass is 35.5. The molecule has 0 aromatic heterocycles. The predicted octanol–water partition coefficient (Wildman–Crippen LogP) is 1.64. The lowest BCUT2D eigenvalue weighted by Crippen LogP contribution is -2.45. The summed E-state index contributed by atoms with van der Waals surface area (Å²) in [6.45, 7) is 3.94. The Labute approximate surface area is 130 Å². The van der Waals surface area contributed by atoms with E-state index in [9.17, 15) is 4.79 Å². The van der Waals surface area contributed by atoms with Crippen molar-refractivity contribution in [3.8, 4) is 5.75 Å². The van der Waals surface area contributed by atoms with E-state index in [1.807, 2.05) is 18.2 Å². The molecule has 5 nitrogen and oxygen atoms in total. The Kier molecular flexibility index (Phi) is 4.96. The van der Waals surface area contributed by atoms with Gasteiger partial charge in [-0.15, -0.1) is 12.4 Å². The van der Waals surface area contributed by atoms with Crippen molar-refractivity contribution in [1.29, 1.82) is 0 Å². The van der Waals surface area contributed by atoms with E-state index in [0.29, 0.717) is 6.42 Å². The minimum Gasteiger partial charge on any atom is -0.479 e. The number of likely N-dealkylation sites (N-methyl/N-ethyl adjacent to an activating group) is 1. The van der Waals surface area contributed by atoms with Crippen LogP contribution in [-0.2, 0) is 11.2 Å². The monoisotopic (exact) mass is 312 g/mol. The lowest BCUT2D eigenvalue weighted by Gasteiger charge is -2.36. The molecule has 2 aliphatic heterocycles. The number of fused-ring (bicyclic) bond motifs is 1. The van der Waals surface area contributed by atoms with Gasteiger partial charge < -0.3 is 19.6 Å². The topological polar surface area (TPSA) is 53.0 Å². The summed E-state index contributed by atoms with van der Waals surface area (Å²) < 4.78 is 5.75. The molecule has 3 rings (SSSR count). The number of piperazine rings is 1. The van der Waals surface area contributed by atoms with Gasteiger partial charge in [-0.05, 0) is 31.5 Å². The van der Waals surface area contributed by atoms with Crippen molar-refractivity contribution >= 4 is 24.1 Å². The fourth-order valence-corrected chi connectivity index (χ4v) is 2.86. The lowest BCUT2D eigenvalue weighted by atomic mass is 10.0. The summed E-state index contributed by atoms with van der Waals surface area (Å²) >= 11 is 0. The van der Waals surface area contributed by atoms with Gasteiger partial charge in [0.25, 0.3) is 0 Å². The smallest absolute Gasteiger partial charge is 0.344 e. The van der Waals surface area contributed by atoms with Crippen LogP contribution in [0.4, 0.5) is 5.69 Å². The molecule has 0 aliphatic carbocycles. The van der Waals surface area contributed by atoms with Crippen LogP contribution in [0.25, 0.3) is 0 Å². The maximum absolute atomic E-state index is 11.1. The van der Waals surface area contributed by atoms with Crippen molar-refractivity contribution in [2.45, 2.75) is 18.9 Å². The van der Waals surface area contributed by atoms with Crippen LogP contribution in [0.15, 0.2) is 18.2 Å². The molecule has 6 heteroatoms. The van der Waals surface area contributed by atoms with Gasteiger partial charge in [0.15, 0.2) is 6.10 Å². The maximum atomic E-state index is 11.1. The number of halogens is 1. The molecule has 1 unspecified atom stereocenters. The first-order valence-corrected chi connectivity index (χ1v) is 7.10. The molecule has 1 saturated heterocycles. The fraction of sp³-hybridized carbons (Fsp3) is 0.533. The van der Waals surface area contributed by atoms with E-state index >= 15 is 0 Å². The van der Waals surface area contributed by atoms with E-state index in [1.54, 1.807) is 0 Å². The van der Waals surface area contributed by atoms with Gasteiger partial charge in [0.2, 0.25) is 0 Å². The van der Waals surface area contributed by atoms with Crippen LogP contribution in [0.3, 0.4) is 0 Å². The Bertz CT molecular complexity index is 516. The summed E-state index contributed by atoms with van der Waals surface area (Å²) in [5.41, 5.74) is 2.17. The van der Waals surface area contributed by atoms with E-state index in [2.05, 4.69) is 16.8 Å². The third-order valence-electron chi connectivity index (χ3n) is 4.13. The number of anilines is 1. The molecule has 1 N–H and O–H groups in total. The summed E-state index contributed by atoms with van der Waals surface area (Å²) in [6, 6.07) is 6.11. The largest absolute Gasteiger partial charge is 0.479 e. The number of hydrogen-bond acceptors (Lipinski definition) is 4. The molecular formula is C15H21ClN2O3. The van der Waals surface area contributed by atoms with E-state index in [0.717, 1.165) is 49.6 Å². The first-order chi connectivity index (χ1) is 9.65. The molecule has 1 aromatic carbocycles. The van der Waals surface area contributed by atoms with Crippen LogP contribution >= 0.6 is 12.4 Å². The van der Waals surface area contributed by atoms with Gasteiger partial charge in [-0.2, -0.15) is 0 Å². The Morgan fingerprint density at radius 1 is 1.29 bits per heavy atom. The first-order valence-electron chi connectivity index (χ1n) is 7.10. The van der Waals surface area contributed by atoms with Crippen molar-refractivity contribution < 1.29 is 14.6 Å². The van der Waals surface area contributed by atoms with Gasteiger partial charge >= 0.3 is 5.97 Å². The SMILES string of the molecule is CN1CCN(c2cccc3c2OC(C(=O)O)CC3)CC1.Cl. The van der Waals surface area contributed by atoms with Crippen LogP contribution in [0.5, 0.6) is 5.75 Å². The molecule has 0 saturated carbocycles. The van der Waals surface area contributed by atoms with E-state index in [-0.39, 0.29) is 12.4 Å². The van der Waals surface area contributed by atoms with Gasteiger partial charge in [0, 0.05) is 26.2 Å². The summed E-state index contributed by atoms with van der Waals surface area (Å²) in [5, 5.41) is 9.15. The highest BCUT2D eigenvalue weighted by Crippen LogP contribution is 2.37. The predicted molar refractivity (Wildman–Crippen MR) is 83.8 cm³/mol. The number of carbonyl (C=O) groups is 1. The number of ether oxygens (including phenoxy) is 1. The zero-order valence-electron chi connectivity index (χ0n) is 12.1. The molecule has 0 radical (unpaired) electrons. The Hall–Kier alpha value is -1.46. The number of nitrogens with zero attached hydrogens (tertiary/aromatic N) is 2. The summed E-state index contributed by atoms with van der Waals surface area (Å²) in [7, 11) is 2.12. The Balaban J connectivity index is 0.00000161. The van der Waals surface area contributed by atoms with Crippen molar-refractivity contribution in [2.24, 2.45) is 0 Å². The molecule has 1 aromatic rings. The van der Waals surface area contributed by atoms with Crippen molar-refractivity contribution in [3.63, 3.8) is 0 Å². The molecular weight excluding hydrogens is 292 g/mol. The van der Waals surface area contributed by atoms with Gasteiger partial charge in [-0.25, -0.2) is 4.79 Å². The molecule has 1 atom stereocenters. The van der Waals surface area contributed by atoms with Crippen LogP contribution in [0.2, 0.25) is 0 Å². The molecule has 0 bridgehead atoms. The lowest BCUT2D eigenvalue weighted by molar-refractivity contribution is -0.145. The Morgan fingerprint density at radius 3 is 2.67 bits per heavy atom. The van der Waals surface area contributed by atoms with E-state index < -0.39 is 12.1 Å². The fourth-order valence-electron chi connectivity index (χ4n) is 2.86. The van der Waals surface area contributed by atoms with Gasteiger partial charge in [0.1, 0.15) is 5.75 Å². The number of hydrogen-bond donors (Lipinski definition) is 1. The summed E-state index contributed by atoms with van der Waals surface area (Å²) in [4.78, 5) is 15.7. The summed E-state index contributed by atoms with van der Waals surface area (Å²) in [6.07, 6.45) is 0.610. The maximum Gasteiger partial charge on any atom is 0.344 e. The zero-order chi connectivity index (χ0) is 14.1. The van der Waals surface area contributed by atoms with Gasteiger partial charge in [0.05, 0.1) is 5.69 Å². The van der Waals surface area contributed by atoms with Gasteiger partial charge in [-0.3, -0.25) is 0 Å². The molecule has 0 spiro atoms. The number of carboxylic acids is 1. The minimum atomic E-state index is -0.871. The van der Waals surface area contributed by atoms with Crippen molar-refractivity contribution in [1.82, 2.24) is 4.90 Å². The third kappa shape index (κ3) is 3.24. The van der Waals surface area contributed by atoms with Crippen LogP contribution in [-0.4, -0.2) is 55.3 Å². The molecule has 2 aliphatic rings. The highest BCUT2D eigenvalue weighted by Gasteiger charge is 2.29. The van der Waals surface area contributed by atoms with Gasteiger partial charge in [-0.1, -0.05) is 12.1 Å². The van der Waals surface area contributed by atoms with E-state index in [4.69, 9.17) is 9.84 Å². The molecule has 0 amide bonds. The summed E-state index contributed by atoms with van der Waals surface area (Å²) in [5.74, 6) is -0.0977. The minimum absolute atomic E-state index is 0. The van der Waals surface area contributed by atoms with Crippen molar-refractivity contribution in [3.05, 3.63) is 23.8 Å². The standard InChI is InChI=1S/C15H20N2O3.ClH/c1-16-7-9-17(10-8-16)12-4-2-3-11-5-6-13(15(18)19)20-14(11)12;/h2-4,13H,5-10H2,1H3,(H,18,19);1H. The zero-order valence-corrected chi connectivity index (χ0v) is 12.9. The highest BCUT2D eigenvalue weighted by molar-refractivity contribution is 5.85. The second-order valence-electron chi connectivity index (χ2n) is 5.54. The van der Waals surface area contributed by atoms with Crippen LogP contribution < -0.4 is 9.64 Å². The van der Waals surface area contributed by atoms with Crippen LogP contribution in [0.1, 0.15) is 12.0 Å². The number of aryl methyl sites for hydroxylation is 1. The molecule has 21 heavy (non-hydrogen) atoms. The normalized spacial score (nSPS) is 22.0.